The topological polar surface area (TPSA) is 56.7 Å². The van der Waals surface area contributed by atoms with Gasteiger partial charge in [0.05, 0.1) is 2.88 Å². The first-order chi connectivity index (χ1) is 11.2. The highest BCUT2D eigenvalue weighted by Gasteiger charge is 2.18. The van der Waals surface area contributed by atoms with Crippen LogP contribution in [0.4, 0.5) is 0 Å². The Bertz CT molecular complexity index is 532. The summed E-state index contributed by atoms with van der Waals surface area (Å²) in [7, 11) is 0. The quantitative estimate of drug-likeness (QED) is 0.278. The SMILES string of the molecule is CCNC(=NCCCN1CCCC1=O)NCCc1ccc(I)s1. The van der Waals surface area contributed by atoms with Gasteiger partial charge >= 0.3 is 0 Å². The molecule has 128 valence electrons. The third-order valence-corrected chi connectivity index (χ3v) is 5.62. The molecule has 1 aliphatic heterocycles. The van der Waals surface area contributed by atoms with Gasteiger partial charge in [0.15, 0.2) is 5.96 Å². The Morgan fingerprint density at radius 3 is 2.96 bits per heavy atom. The van der Waals surface area contributed by atoms with E-state index in [1.807, 2.05) is 16.2 Å². The molecule has 23 heavy (non-hydrogen) atoms. The van der Waals surface area contributed by atoms with Crippen LogP contribution in [0.25, 0.3) is 0 Å². The fourth-order valence-corrected chi connectivity index (χ4v) is 4.28. The number of thiophene rings is 1. The number of amides is 1. The molecule has 2 rings (SSSR count). The largest absolute Gasteiger partial charge is 0.357 e. The van der Waals surface area contributed by atoms with E-state index in [0.717, 1.165) is 64.4 Å². The maximum Gasteiger partial charge on any atom is 0.222 e. The van der Waals surface area contributed by atoms with E-state index in [1.165, 1.54) is 7.76 Å². The van der Waals surface area contributed by atoms with E-state index in [0.29, 0.717) is 5.91 Å². The Morgan fingerprint density at radius 1 is 1.43 bits per heavy atom. The lowest BCUT2D eigenvalue weighted by Crippen LogP contribution is -2.38. The van der Waals surface area contributed by atoms with Crippen LogP contribution in [0.5, 0.6) is 0 Å². The molecule has 1 amide bonds. The fraction of sp³-hybridized carbons (Fsp3) is 0.625. The second-order valence-corrected chi connectivity index (χ2v) is 8.54. The van der Waals surface area contributed by atoms with E-state index in [4.69, 9.17) is 0 Å². The summed E-state index contributed by atoms with van der Waals surface area (Å²) in [6.07, 6.45) is 3.66. The highest BCUT2D eigenvalue weighted by molar-refractivity contribution is 14.1. The summed E-state index contributed by atoms with van der Waals surface area (Å²) in [5.41, 5.74) is 0. The number of hydrogen-bond donors (Lipinski definition) is 2. The molecule has 0 unspecified atom stereocenters. The number of nitrogens with one attached hydrogen (secondary N) is 2. The smallest absolute Gasteiger partial charge is 0.222 e. The number of carbonyl (C=O) groups is 1. The molecule has 0 aliphatic carbocycles. The van der Waals surface area contributed by atoms with Crippen LogP contribution in [0.2, 0.25) is 0 Å². The Kier molecular flexibility index (Phi) is 8.14. The molecule has 0 bridgehead atoms. The van der Waals surface area contributed by atoms with Crippen molar-refractivity contribution in [2.24, 2.45) is 4.99 Å². The first-order valence-corrected chi connectivity index (χ1v) is 10.1. The molecule has 2 N–H and O–H groups in total. The van der Waals surface area contributed by atoms with Gasteiger partial charge in [-0.3, -0.25) is 9.79 Å². The number of halogens is 1. The van der Waals surface area contributed by atoms with E-state index < -0.39 is 0 Å². The zero-order chi connectivity index (χ0) is 16.5. The second-order valence-electron chi connectivity index (χ2n) is 5.48. The summed E-state index contributed by atoms with van der Waals surface area (Å²) in [5.74, 6) is 1.16. The van der Waals surface area contributed by atoms with Crippen molar-refractivity contribution in [2.75, 3.05) is 32.7 Å². The fourth-order valence-electron chi connectivity index (χ4n) is 2.52. The van der Waals surface area contributed by atoms with Crippen LogP contribution >= 0.6 is 33.9 Å². The molecule has 5 nitrogen and oxygen atoms in total. The van der Waals surface area contributed by atoms with Crippen molar-refractivity contribution in [2.45, 2.75) is 32.6 Å². The van der Waals surface area contributed by atoms with Gasteiger partial charge in [0.1, 0.15) is 0 Å². The average molecular weight is 448 g/mol. The van der Waals surface area contributed by atoms with Gasteiger partial charge in [-0.05, 0) is 60.9 Å². The molecule has 1 aromatic rings. The van der Waals surface area contributed by atoms with Gasteiger partial charge in [0.2, 0.25) is 5.91 Å². The molecule has 7 heteroatoms. The second kappa shape index (κ2) is 10.1. The lowest BCUT2D eigenvalue weighted by Gasteiger charge is -2.15. The molecule has 1 aliphatic rings. The van der Waals surface area contributed by atoms with Gasteiger partial charge in [-0.15, -0.1) is 11.3 Å². The van der Waals surface area contributed by atoms with E-state index in [1.54, 1.807) is 0 Å². The number of carbonyl (C=O) groups excluding carboxylic acids is 1. The Labute approximate surface area is 156 Å². The molecule has 0 spiro atoms. The number of nitrogens with zero attached hydrogens (tertiary/aromatic N) is 2. The number of rotatable bonds is 8. The molecular weight excluding hydrogens is 423 g/mol. The van der Waals surface area contributed by atoms with Crippen LogP contribution in [0, 0.1) is 2.88 Å². The molecular formula is C16H25IN4OS. The van der Waals surface area contributed by atoms with E-state index in [-0.39, 0.29) is 0 Å². The number of aliphatic imine (C=N–C) groups is 1. The van der Waals surface area contributed by atoms with Crippen molar-refractivity contribution in [3.05, 3.63) is 19.9 Å². The van der Waals surface area contributed by atoms with Gasteiger partial charge in [0, 0.05) is 44.0 Å². The summed E-state index contributed by atoms with van der Waals surface area (Å²) in [6, 6.07) is 4.34. The standard InChI is InChI=1S/C16H25IN4OS/c1-2-18-16(20-10-8-13-6-7-14(17)23-13)19-9-4-12-21-11-3-5-15(21)22/h6-7H,2-5,8-12H2,1H3,(H2,18,19,20). The van der Waals surface area contributed by atoms with Crippen molar-refractivity contribution in [3.63, 3.8) is 0 Å². The maximum absolute atomic E-state index is 11.5. The van der Waals surface area contributed by atoms with Gasteiger partial charge in [0.25, 0.3) is 0 Å². The number of guanidine groups is 1. The Hall–Kier alpha value is -0.830. The summed E-state index contributed by atoms with van der Waals surface area (Å²) in [5, 5.41) is 6.65. The first kappa shape index (κ1) is 18.5. The predicted molar refractivity (Wildman–Crippen MR) is 105 cm³/mol. The van der Waals surface area contributed by atoms with Crippen molar-refractivity contribution in [1.29, 1.82) is 0 Å². The highest BCUT2D eigenvalue weighted by Crippen LogP contribution is 2.18. The predicted octanol–water partition coefficient (Wildman–Crippen LogP) is 2.46. The third-order valence-electron chi connectivity index (χ3n) is 3.66. The van der Waals surface area contributed by atoms with Crippen molar-refractivity contribution in [3.8, 4) is 0 Å². The number of likely N-dealkylation sites (tertiary alicyclic amines) is 1. The minimum Gasteiger partial charge on any atom is -0.357 e. The zero-order valence-corrected chi connectivity index (χ0v) is 16.6. The highest BCUT2D eigenvalue weighted by atomic mass is 127. The molecule has 1 saturated heterocycles. The van der Waals surface area contributed by atoms with Crippen LogP contribution in [0.3, 0.4) is 0 Å². The van der Waals surface area contributed by atoms with E-state index >= 15 is 0 Å². The minimum absolute atomic E-state index is 0.296. The molecule has 0 saturated carbocycles. The van der Waals surface area contributed by atoms with Crippen molar-refractivity contribution >= 4 is 45.8 Å². The lowest BCUT2D eigenvalue weighted by molar-refractivity contribution is -0.127. The normalized spacial score (nSPS) is 15.3. The number of hydrogen-bond acceptors (Lipinski definition) is 3. The first-order valence-electron chi connectivity index (χ1n) is 8.23. The van der Waals surface area contributed by atoms with Crippen molar-refractivity contribution in [1.82, 2.24) is 15.5 Å². The molecule has 0 aromatic carbocycles. The van der Waals surface area contributed by atoms with Crippen LogP contribution in [-0.4, -0.2) is 49.5 Å². The van der Waals surface area contributed by atoms with Crippen LogP contribution in [0.1, 0.15) is 31.1 Å². The summed E-state index contributed by atoms with van der Waals surface area (Å²) in [4.78, 5) is 19.5. The van der Waals surface area contributed by atoms with Gasteiger partial charge < -0.3 is 15.5 Å². The summed E-state index contributed by atoms with van der Waals surface area (Å²) >= 11 is 4.19. The Balaban J connectivity index is 1.67. The van der Waals surface area contributed by atoms with Crippen LogP contribution < -0.4 is 10.6 Å². The van der Waals surface area contributed by atoms with E-state index in [9.17, 15) is 4.79 Å². The lowest BCUT2D eigenvalue weighted by atomic mass is 10.3. The van der Waals surface area contributed by atoms with E-state index in [2.05, 4.69) is 57.3 Å². The average Bonchev–Trinajstić information content (AvgIpc) is 3.12. The minimum atomic E-state index is 0.296. The van der Waals surface area contributed by atoms with Crippen LogP contribution in [-0.2, 0) is 11.2 Å². The Morgan fingerprint density at radius 2 is 2.30 bits per heavy atom. The van der Waals surface area contributed by atoms with Gasteiger partial charge in [-0.1, -0.05) is 0 Å². The zero-order valence-electron chi connectivity index (χ0n) is 13.6. The third kappa shape index (κ3) is 6.66. The summed E-state index contributed by atoms with van der Waals surface area (Å²) in [6.45, 7) is 6.30. The summed E-state index contributed by atoms with van der Waals surface area (Å²) < 4.78 is 1.33. The maximum atomic E-state index is 11.5. The monoisotopic (exact) mass is 448 g/mol. The van der Waals surface area contributed by atoms with Crippen molar-refractivity contribution < 1.29 is 4.79 Å². The molecule has 1 aromatic heterocycles. The molecule has 0 radical (unpaired) electrons. The molecule has 1 fully saturated rings. The molecule has 0 atom stereocenters. The van der Waals surface area contributed by atoms with Crippen LogP contribution in [0.15, 0.2) is 17.1 Å². The van der Waals surface area contributed by atoms with Gasteiger partial charge in [-0.25, -0.2) is 0 Å². The van der Waals surface area contributed by atoms with Gasteiger partial charge in [-0.2, -0.15) is 0 Å². The molecule has 2 heterocycles.